The molecule has 4 aromatic carbocycles. The van der Waals surface area contributed by atoms with Crippen LogP contribution in [0.2, 0.25) is 0 Å². The number of nitrogens with one attached hydrogen (secondary N) is 2. The van der Waals surface area contributed by atoms with Crippen LogP contribution in [0.25, 0.3) is 0 Å². The van der Waals surface area contributed by atoms with Crippen molar-refractivity contribution in [2.75, 3.05) is 6.54 Å². The van der Waals surface area contributed by atoms with Gasteiger partial charge in [0.05, 0.1) is 17.0 Å². The van der Waals surface area contributed by atoms with Crippen molar-refractivity contribution in [1.29, 1.82) is 0 Å². The molecule has 0 aliphatic heterocycles. The SMILES string of the molecule is Cc1ccc(S(=O)(=O)N[C@H](c2ccccc2)[C@H](NCCCc2ccccc2)c2ccccc2)cc1.[Ru+2]. The molecule has 0 heterocycles. The molecule has 6 heteroatoms. The summed E-state index contributed by atoms with van der Waals surface area (Å²) in [6.07, 6.45) is 1.90. The van der Waals surface area contributed by atoms with E-state index in [2.05, 4.69) is 34.3 Å². The molecule has 36 heavy (non-hydrogen) atoms. The van der Waals surface area contributed by atoms with Crippen molar-refractivity contribution in [2.45, 2.75) is 36.7 Å². The van der Waals surface area contributed by atoms with Crippen molar-refractivity contribution in [2.24, 2.45) is 0 Å². The van der Waals surface area contributed by atoms with Crippen LogP contribution in [-0.4, -0.2) is 15.0 Å². The third-order valence-corrected chi connectivity index (χ3v) is 7.57. The van der Waals surface area contributed by atoms with E-state index in [1.54, 1.807) is 12.1 Å². The molecule has 4 nitrogen and oxygen atoms in total. The van der Waals surface area contributed by atoms with Crippen molar-refractivity contribution >= 4 is 10.0 Å². The number of hydrogen-bond donors (Lipinski definition) is 2. The second-order valence-corrected chi connectivity index (χ2v) is 10.5. The molecule has 0 bridgehead atoms. The van der Waals surface area contributed by atoms with E-state index >= 15 is 0 Å². The van der Waals surface area contributed by atoms with Crippen LogP contribution in [-0.2, 0) is 35.9 Å². The number of sulfonamides is 1. The van der Waals surface area contributed by atoms with Crippen molar-refractivity contribution in [3.05, 3.63) is 138 Å². The molecule has 0 radical (unpaired) electrons. The molecule has 0 aliphatic rings. The van der Waals surface area contributed by atoms with Gasteiger partial charge in [0, 0.05) is 0 Å². The minimum atomic E-state index is -3.74. The minimum Gasteiger partial charge on any atom is -0.308 e. The Kier molecular flexibility index (Phi) is 10.6. The van der Waals surface area contributed by atoms with Crippen LogP contribution in [0.3, 0.4) is 0 Å². The van der Waals surface area contributed by atoms with Gasteiger partial charge >= 0.3 is 19.5 Å². The fourth-order valence-electron chi connectivity index (χ4n) is 4.22. The molecule has 0 aliphatic carbocycles. The van der Waals surface area contributed by atoms with Crippen LogP contribution in [0.5, 0.6) is 0 Å². The Bertz CT molecular complexity index is 1280. The molecular weight excluding hydrogens is 553 g/mol. The average molecular weight is 586 g/mol. The quantitative estimate of drug-likeness (QED) is 0.168. The van der Waals surface area contributed by atoms with Crippen molar-refractivity contribution in [1.82, 2.24) is 10.0 Å². The predicted molar refractivity (Wildman–Crippen MR) is 143 cm³/mol. The first-order valence-corrected chi connectivity index (χ1v) is 13.5. The molecule has 0 saturated carbocycles. The smallest absolute Gasteiger partial charge is 0.308 e. The second kappa shape index (κ2) is 13.6. The monoisotopic (exact) mass is 586 g/mol. The molecule has 0 spiro atoms. The summed E-state index contributed by atoms with van der Waals surface area (Å²) in [5.74, 6) is 0. The standard InChI is InChI=1S/C30H32N2O2S.Ru/c1-24-19-21-28(22-20-24)35(33,34)32-30(27-17-9-4-10-18-27)29(26-15-7-3-8-16-26)31-23-11-14-25-12-5-2-6-13-25;/h2-10,12-13,15-22,29-32H,11,14,23H2,1H3;/q;+2/t29-,30-;/m1./s1. The van der Waals surface area contributed by atoms with Crippen molar-refractivity contribution in [3.8, 4) is 0 Å². The molecule has 0 aromatic heterocycles. The van der Waals surface area contributed by atoms with Gasteiger partial charge in [-0.05, 0) is 55.1 Å². The van der Waals surface area contributed by atoms with Crippen LogP contribution in [0.1, 0.15) is 40.8 Å². The Morgan fingerprint density at radius 3 is 1.72 bits per heavy atom. The second-order valence-electron chi connectivity index (χ2n) is 8.75. The molecule has 0 saturated heterocycles. The van der Waals surface area contributed by atoms with Gasteiger partial charge in [-0.2, -0.15) is 0 Å². The number of benzene rings is 4. The van der Waals surface area contributed by atoms with Gasteiger partial charge < -0.3 is 5.32 Å². The summed E-state index contributed by atoms with van der Waals surface area (Å²) in [7, 11) is -3.74. The first-order chi connectivity index (χ1) is 17.0. The Balaban J connectivity index is 0.00000361. The van der Waals surface area contributed by atoms with Gasteiger partial charge in [0.15, 0.2) is 0 Å². The summed E-state index contributed by atoms with van der Waals surface area (Å²) in [5, 5.41) is 3.66. The molecule has 186 valence electrons. The summed E-state index contributed by atoms with van der Waals surface area (Å²) in [4.78, 5) is 0.264. The van der Waals surface area contributed by atoms with E-state index in [0.29, 0.717) is 0 Å². The fraction of sp³-hybridized carbons (Fsp3) is 0.200. The van der Waals surface area contributed by atoms with Crippen molar-refractivity contribution < 1.29 is 27.9 Å². The maximum absolute atomic E-state index is 13.4. The Labute approximate surface area is 228 Å². The van der Waals surface area contributed by atoms with Gasteiger partial charge in [-0.25, -0.2) is 13.1 Å². The Morgan fingerprint density at radius 1 is 0.667 bits per heavy atom. The largest absolute Gasteiger partial charge is 2.00 e. The van der Waals surface area contributed by atoms with E-state index in [4.69, 9.17) is 0 Å². The fourth-order valence-corrected chi connectivity index (χ4v) is 5.46. The third-order valence-electron chi connectivity index (χ3n) is 6.11. The van der Waals surface area contributed by atoms with Crippen LogP contribution in [0, 0.1) is 6.92 Å². The number of hydrogen-bond acceptors (Lipinski definition) is 3. The van der Waals surface area contributed by atoms with Gasteiger partial charge in [-0.15, -0.1) is 0 Å². The topological polar surface area (TPSA) is 58.2 Å². The van der Waals surface area contributed by atoms with Crippen LogP contribution < -0.4 is 10.0 Å². The zero-order valence-electron chi connectivity index (χ0n) is 20.3. The molecule has 0 fully saturated rings. The maximum atomic E-state index is 13.4. The molecule has 2 N–H and O–H groups in total. The third kappa shape index (κ3) is 7.68. The van der Waals surface area contributed by atoms with Crippen LogP contribution >= 0.6 is 0 Å². The van der Waals surface area contributed by atoms with Gasteiger partial charge in [0.1, 0.15) is 0 Å². The predicted octanol–water partition coefficient (Wildman–Crippen LogP) is 5.98. The van der Waals surface area contributed by atoms with Crippen LogP contribution in [0.4, 0.5) is 0 Å². The van der Waals surface area contributed by atoms with Gasteiger partial charge in [0.25, 0.3) is 0 Å². The van der Waals surface area contributed by atoms with Gasteiger partial charge in [-0.1, -0.05) is 109 Å². The molecule has 4 rings (SSSR count). The van der Waals surface area contributed by atoms with E-state index in [9.17, 15) is 8.42 Å². The van der Waals surface area contributed by atoms with E-state index in [-0.39, 0.29) is 30.4 Å². The minimum absolute atomic E-state index is 0. The van der Waals surface area contributed by atoms with Crippen molar-refractivity contribution in [3.63, 3.8) is 0 Å². The van der Waals surface area contributed by atoms with E-state index < -0.39 is 16.1 Å². The first-order valence-electron chi connectivity index (χ1n) is 12.0. The number of aryl methyl sites for hydroxylation is 2. The first kappa shape index (κ1) is 28.0. The molecule has 0 unspecified atom stereocenters. The normalized spacial score (nSPS) is 12.9. The van der Waals surface area contributed by atoms with Crippen LogP contribution in [0.15, 0.2) is 120 Å². The summed E-state index contributed by atoms with van der Waals surface area (Å²) in [5.41, 5.74) is 4.26. The average Bonchev–Trinajstić information content (AvgIpc) is 2.89. The van der Waals surface area contributed by atoms with E-state index in [1.807, 2.05) is 85.8 Å². The molecule has 4 aromatic rings. The van der Waals surface area contributed by atoms with Gasteiger partial charge in [-0.3, -0.25) is 0 Å². The zero-order valence-corrected chi connectivity index (χ0v) is 22.9. The molecule has 0 amide bonds. The summed E-state index contributed by atoms with van der Waals surface area (Å²) in [6, 6.07) is 36.5. The van der Waals surface area contributed by atoms with Gasteiger partial charge in [0.2, 0.25) is 10.0 Å². The summed E-state index contributed by atoms with van der Waals surface area (Å²) >= 11 is 0. The molecule has 2 atom stereocenters. The van der Waals surface area contributed by atoms with E-state index in [0.717, 1.165) is 36.1 Å². The molecular formula is C30H32N2O2RuS+2. The summed E-state index contributed by atoms with van der Waals surface area (Å²) < 4.78 is 29.9. The Morgan fingerprint density at radius 2 is 1.17 bits per heavy atom. The zero-order chi connectivity index (χ0) is 24.5. The Hall–Kier alpha value is -2.63. The van der Waals surface area contributed by atoms with E-state index in [1.165, 1.54) is 5.56 Å². The summed E-state index contributed by atoms with van der Waals surface area (Å²) in [6.45, 7) is 2.70. The number of rotatable bonds is 11. The maximum Gasteiger partial charge on any atom is 2.00 e.